The van der Waals surface area contributed by atoms with Crippen molar-refractivity contribution in [2.24, 2.45) is 0 Å². The van der Waals surface area contributed by atoms with Crippen molar-refractivity contribution in [3.05, 3.63) is 36.8 Å². The lowest BCUT2D eigenvalue weighted by Crippen LogP contribution is -2.57. The predicted octanol–water partition coefficient (Wildman–Crippen LogP) is 2.79. The molecule has 144 valence electrons. The number of ether oxygens (including phenoxy) is 1. The van der Waals surface area contributed by atoms with Crippen molar-refractivity contribution in [1.82, 2.24) is 25.5 Å². The molecular formula is C20H20FN5O2. The minimum Gasteiger partial charge on any atom is -0.507 e. The number of hydrogen-bond acceptors (Lipinski definition) is 7. The van der Waals surface area contributed by atoms with E-state index in [0.717, 1.165) is 23.6 Å². The smallest absolute Gasteiger partial charge is 0.336 e. The number of phenolic OH excluding ortho intramolecular Hbond substituents is 1. The van der Waals surface area contributed by atoms with Crippen LogP contribution in [0.25, 0.3) is 22.0 Å². The average Bonchev–Trinajstić information content (AvgIpc) is 3.04. The highest BCUT2D eigenvalue weighted by atomic mass is 19.1. The fraction of sp³-hybridized carbons (Fsp3) is 0.400. The number of aromatic hydroxyl groups is 1. The van der Waals surface area contributed by atoms with E-state index in [9.17, 15) is 9.50 Å². The van der Waals surface area contributed by atoms with Crippen molar-refractivity contribution < 1.29 is 14.2 Å². The quantitative estimate of drug-likeness (QED) is 0.721. The molecule has 0 aliphatic carbocycles. The third kappa shape index (κ3) is 2.93. The summed E-state index contributed by atoms with van der Waals surface area (Å²) < 4.78 is 20.4. The first kappa shape index (κ1) is 17.2. The van der Waals surface area contributed by atoms with Gasteiger partial charge in [-0.3, -0.25) is 4.98 Å². The van der Waals surface area contributed by atoms with E-state index in [1.54, 1.807) is 18.5 Å². The van der Waals surface area contributed by atoms with E-state index in [1.807, 2.05) is 12.1 Å². The third-order valence-corrected chi connectivity index (χ3v) is 5.76. The van der Waals surface area contributed by atoms with E-state index in [1.165, 1.54) is 6.20 Å². The lowest BCUT2D eigenvalue weighted by atomic mass is 9.90. The molecule has 1 unspecified atom stereocenters. The highest BCUT2D eigenvalue weighted by Gasteiger charge is 2.49. The van der Waals surface area contributed by atoms with Crippen LogP contribution in [0.4, 0.5) is 4.39 Å². The summed E-state index contributed by atoms with van der Waals surface area (Å²) in [6, 6.07) is 5.15. The maximum atomic E-state index is 14.6. The molecule has 7 nitrogen and oxygen atoms in total. The standard InChI is InChI=1S/C20H20FN5O2/c1-20-4-2-14(24-20)18(21)17(8-20)28-19-23-10-15(25-26-19)13-6-11-3-5-22-9-12(11)7-16(13)27/h3,5-7,9-10,14,17-18,24,27H,2,4,8H2,1H3/t14?,17-,18+,20-/m0/s1. The number of alkyl halides is 1. The Bertz CT molecular complexity index is 1030. The zero-order chi connectivity index (χ0) is 19.3. The fourth-order valence-electron chi connectivity index (χ4n) is 4.29. The van der Waals surface area contributed by atoms with Crippen LogP contribution in [0.5, 0.6) is 11.8 Å². The number of halogens is 1. The maximum absolute atomic E-state index is 14.6. The number of piperidine rings is 1. The molecular weight excluding hydrogens is 361 g/mol. The number of pyridine rings is 1. The van der Waals surface area contributed by atoms with Gasteiger partial charge < -0.3 is 15.2 Å². The Kier molecular flexibility index (Phi) is 3.90. The predicted molar refractivity (Wildman–Crippen MR) is 101 cm³/mol. The van der Waals surface area contributed by atoms with E-state index in [0.29, 0.717) is 17.7 Å². The van der Waals surface area contributed by atoms with Gasteiger partial charge in [-0.25, -0.2) is 9.37 Å². The summed E-state index contributed by atoms with van der Waals surface area (Å²) in [7, 11) is 0. The Labute approximate surface area is 161 Å². The fourth-order valence-corrected chi connectivity index (χ4v) is 4.29. The Morgan fingerprint density at radius 2 is 2.14 bits per heavy atom. The van der Waals surface area contributed by atoms with Crippen molar-refractivity contribution in [2.75, 3.05) is 0 Å². The van der Waals surface area contributed by atoms with Crippen molar-refractivity contribution in [3.8, 4) is 23.0 Å². The highest BCUT2D eigenvalue weighted by molar-refractivity contribution is 5.89. The van der Waals surface area contributed by atoms with Gasteiger partial charge in [0.25, 0.3) is 0 Å². The summed E-state index contributed by atoms with van der Waals surface area (Å²) in [6.07, 6.45) is 5.47. The van der Waals surface area contributed by atoms with Crippen molar-refractivity contribution >= 4 is 10.8 Å². The van der Waals surface area contributed by atoms with Crippen molar-refractivity contribution in [3.63, 3.8) is 0 Å². The van der Waals surface area contributed by atoms with E-state index < -0.39 is 12.3 Å². The first-order valence-electron chi connectivity index (χ1n) is 9.36. The van der Waals surface area contributed by atoms with Crippen molar-refractivity contribution in [2.45, 2.75) is 50.0 Å². The molecule has 5 rings (SSSR count). The Morgan fingerprint density at radius 3 is 2.96 bits per heavy atom. The molecule has 1 aromatic carbocycles. The number of fused-ring (bicyclic) bond motifs is 3. The molecule has 3 aromatic rings. The van der Waals surface area contributed by atoms with E-state index in [-0.39, 0.29) is 23.3 Å². The van der Waals surface area contributed by atoms with Crippen molar-refractivity contribution in [1.29, 1.82) is 0 Å². The molecule has 8 heteroatoms. The van der Waals surface area contributed by atoms with Gasteiger partial charge >= 0.3 is 6.01 Å². The Balaban J connectivity index is 1.38. The maximum Gasteiger partial charge on any atom is 0.336 e. The largest absolute Gasteiger partial charge is 0.507 e. The zero-order valence-electron chi connectivity index (χ0n) is 15.3. The molecule has 2 N–H and O–H groups in total. The number of hydrogen-bond donors (Lipinski definition) is 2. The molecule has 2 aromatic heterocycles. The lowest BCUT2D eigenvalue weighted by Gasteiger charge is -2.38. The molecule has 2 bridgehead atoms. The summed E-state index contributed by atoms with van der Waals surface area (Å²) >= 11 is 0. The lowest BCUT2D eigenvalue weighted by molar-refractivity contribution is 0.0203. The monoisotopic (exact) mass is 381 g/mol. The van der Waals surface area contributed by atoms with Gasteiger partial charge in [-0.05, 0) is 43.4 Å². The van der Waals surface area contributed by atoms with Crippen LogP contribution in [0.2, 0.25) is 0 Å². The van der Waals surface area contributed by atoms with Crippen LogP contribution in [-0.2, 0) is 0 Å². The van der Waals surface area contributed by atoms with Crippen LogP contribution >= 0.6 is 0 Å². The van der Waals surface area contributed by atoms with Crippen LogP contribution in [0.3, 0.4) is 0 Å². The molecule has 0 spiro atoms. The van der Waals surface area contributed by atoms with Gasteiger partial charge in [-0.2, -0.15) is 0 Å². The molecule has 4 atom stereocenters. The SMILES string of the molecule is C[C@@]12CCC(N1)[C@@H](F)[C@@H](Oc1ncc(-c3cc4ccncc4cc3O)nn1)C2. The van der Waals surface area contributed by atoms with Gasteiger partial charge in [0.1, 0.15) is 17.5 Å². The molecule has 0 saturated carbocycles. The number of aromatic nitrogens is 4. The third-order valence-electron chi connectivity index (χ3n) is 5.76. The molecule has 2 fully saturated rings. The molecule has 0 radical (unpaired) electrons. The van der Waals surface area contributed by atoms with Crippen LogP contribution in [-0.4, -0.2) is 49.1 Å². The minimum atomic E-state index is -1.10. The number of benzene rings is 1. The zero-order valence-corrected chi connectivity index (χ0v) is 15.3. The number of phenols is 1. The Hall–Kier alpha value is -2.87. The number of nitrogens with one attached hydrogen (secondary N) is 1. The topological polar surface area (TPSA) is 93.0 Å². The summed E-state index contributed by atoms with van der Waals surface area (Å²) in [5.41, 5.74) is 0.829. The number of nitrogens with zero attached hydrogens (tertiary/aromatic N) is 4. The molecule has 2 aliphatic rings. The second kappa shape index (κ2) is 6.34. The molecule has 2 aliphatic heterocycles. The summed E-state index contributed by atoms with van der Waals surface area (Å²) in [6.45, 7) is 2.09. The van der Waals surface area contributed by atoms with Gasteiger partial charge in [-0.1, -0.05) is 5.10 Å². The van der Waals surface area contributed by atoms with Gasteiger partial charge in [0, 0.05) is 41.3 Å². The molecule has 2 saturated heterocycles. The average molecular weight is 381 g/mol. The van der Waals surface area contributed by atoms with E-state index >= 15 is 0 Å². The molecule has 0 amide bonds. The normalized spacial score (nSPS) is 29.1. The second-order valence-electron chi connectivity index (χ2n) is 7.87. The summed E-state index contributed by atoms with van der Waals surface area (Å²) in [5, 5.41) is 23.5. The van der Waals surface area contributed by atoms with Crippen LogP contribution in [0, 0.1) is 0 Å². The number of rotatable bonds is 3. The second-order valence-corrected chi connectivity index (χ2v) is 7.87. The summed E-state index contributed by atoms with van der Waals surface area (Å²) in [4.78, 5) is 8.24. The van der Waals surface area contributed by atoms with Crippen LogP contribution in [0.1, 0.15) is 26.2 Å². The summed E-state index contributed by atoms with van der Waals surface area (Å²) in [5.74, 6) is 0.0666. The van der Waals surface area contributed by atoms with Gasteiger partial charge in [-0.15, -0.1) is 5.10 Å². The molecule has 4 heterocycles. The van der Waals surface area contributed by atoms with Crippen LogP contribution in [0.15, 0.2) is 36.8 Å². The van der Waals surface area contributed by atoms with Gasteiger partial charge in [0.05, 0.1) is 6.20 Å². The van der Waals surface area contributed by atoms with E-state index in [2.05, 4.69) is 32.4 Å². The van der Waals surface area contributed by atoms with Gasteiger partial charge in [0.2, 0.25) is 0 Å². The first-order valence-corrected chi connectivity index (χ1v) is 9.36. The van der Waals surface area contributed by atoms with Gasteiger partial charge in [0.15, 0.2) is 6.17 Å². The minimum absolute atomic E-state index is 0.0470. The first-order chi connectivity index (χ1) is 13.5. The van der Waals surface area contributed by atoms with E-state index in [4.69, 9.17) is 4.74 Å². The molecule has 28 heavy (non-hydrogen) atoms. The highest BCUT2D eigenvalue weighted by Crippen LogP contribution is 2.38. The van der Waals surface area contributed by atoms with Crippen LogP contribution < -0.4 is 10.1 Å². The Morgan fingerprint density at radius 1 is 1.25 bits per heavy atom.